The predicted molar refractivity (Wildman–Crippen MR) is 106 cm³/mol. The van der Waals surface area contributed by atoms with Crippen molar-refractivity contribution < 1.29 is 4.79 Å². The Hall–Kier alpha value is -1.92. The largest absolute Gasteiger partial charge is 0.321 e. The maximum Gasteiger partial charge on any atom is 0.278 e. The highest BCUT2D eigenvalue weighted by Gasteiger charge is 2.22. The van der Waals surface area contributed by atoms with Gasteiger partial charge >= 0.3 is 0 Å². The van der Waals surface area contributed by atoms with Crippen molar-refractivity contribution in [3.63, 3.8) is 0 Å². The minimum absolute atomic E-state index is 0. The first-order valence-corrected chi connectivity index (χ1v) is 9.22. The molecule has 2 aromatic rings. The number of anilines is 1. The minimum Gasteiger partial charge on any atom is -0.321 e. The number of halogens is 1. The molecule has 1 aromatic carbocycles. The van der Waals surface area contributed by atoms with Crippen LogP contribution in [0.15, 0.2) is 24.3 Å². The van der Waals surface area contributed by atoms with Crippen LogP contribution in [0.3, 0.4) is 0 Å². The Kier molecular flexibility index (Phi) is 7.60. The molecule has 6 nitrogen and oxygen atoms in total. The summed E-state index contributed by atoms with van der Waals surface area (Å²) in [4.78, 5) is 12.5. The predicted octanol–water partition coefficient (Wildman–Crippen LogP) is 3.53. The molecule has 0 spiro atoms. The Morgan fingerprint density at radius 3 is 2.62 bits per heavy atom. The van der Waals surface area contributed by atoms with Gasteiger partial charge in [-0.25, -0.2) is 4.68 Å². The van der Waals surface area contributed by atoms with Crippen LogP contribution in [0.1, 0.15) is 60.4 Å². The van der Waals surface area contributed by atoms with Gasteiger partial charge in [0.05, 0.1) is 11.7 Å². The van der Waals surface area contributed by atoms with Gasteiger partial charge in [0.25, 0.3) is 5.91 Å². The summed E-state index contributed by atoms with van der Waals surface area (Å²) < 4.78 is 1.91. The molecule has 0 bridgehead atoms. The monoisotopic (exact) mass is 377 g/mol. The average Bonchev–Trinajstić information content (AvgIpc) is 3.03. The van der Waals surface area contributed by atoms with E-state index < -0.39 is 0 Å². The van der Waals surface area contributed by atoms with Gasteiger partial charge in [-0.2, -0.15) is 0 Å². The van der Waals surface area contributed by atoms with E-state index in [0.717, 1.165) is 43.7 Å². The van der Waals surface area contributed by atoms with Gasteiger partial charge in [-0.1, -0.05) is 30.7 Å². The van der Waals surface area contributed by atoms with Crippen LogP contribution in [0.2, 0.25) is 0 Å². The minimum atomic E-state index is -0.195. The van der Waals surface area contributed by atoms with E-state index in [1.54, 1.807) is 0 Å². The average molecular weight is 378 g/mol. The Labute approximate surface area is 161 Å². The summed E-state index contributed by atoms with van der Waals surface area (Å²) in [5.41, 5.74) is 3.34. The van der Waals surface area contributed by atoms with Gasteiger partial charge in [0.1, 0.15) is 0 Å². The van der Waals surface area contributed by atoms with Crippen molar-refractivity contribution in [1.82, 2.24) is 20.3 Å². The SMILES string of the molecule is CCCCc1ccc(NC(=O)c2nnn(C3CCNCC3)c2C)cc1.Cl. The van der Waals surface area contributed by atoms with E-state index in [0.29, 0.717) is 11.7 Å². The van der Waals surface area contributed by atoms with Crippen LogP contribution in [-0.4, -0.2) is 34.0 Å². The molecular weight excluding hydrogens is 350 g/mol. The number of rotatable bonds is 6. The molecule has 7 heteroatoms. The summed E-state index contributed by atoms with van der Waals surface area (Å²) in [6.07, 6.45) is 5.48. The van der Waals surface area contributed by atoms with Crippen LogP contribution in [0.5, 0.6) is 0 Å². The van der Waals surface area contributed by atoms with Gasteiger partial charge in [-0.05, 0) is 63.4 Å². The standard InChI is InChI=1S/C19H27N5O.ClH/c1-3-4-5-15-6-8-16(9-7-15)21-19(25)18-14(2)24(23-22-18)17-10-12-20-13-11-17;/h6-9,17,20H,3-5,10-13H2,1-2H3,(H,21,25);1H. The van der Waals surface area contributed by atoms with E-state index >= 15 is 0 Å². The molecule has 1 fully saturated rings. The number of aromatic nitrogens is 3. The van der Waals surface area contributed by atoms with Crippen molar-refractivity contribution in [2.45, 2.75) is 52.0 Å². The quantitative estimate of drug-likeness (QED) is 0.807. The number of hydrogen-bond donors (Lipinski definition) is 2. The molecule has 142 valence electrons. The second kappa shape index (κ2) is 9.69. The second-order valence-corrected chi connectivity index (χ2v) is 6.70. The second-order valence-electron chi connectivity index (χ2n) is 6.70. The third-order valence-corrected chi connectivity index (χ3v) is 4.83. The van der Waals surface area contributed by atoms with Gasteiger partial charge in [-0.3, -0.25) is 4.79 Å². The molecule has 2 heterocycles. The number of nitrogens with one attached hydrogen (secondary N) is 2. The lowest BCUT2D eigenvalue weighted by atomic mass is 10.1. The van der Waals surface area contributed by atoms with Crippen LogP contribution >= 0.6 is 12.4 Å². The van der Waals surface area contributed by atoms with Crippen molar-refractivity contribution in [2.75, 3.05) is 18.4 Å². The number of carbonyl (C=O) groups excluding carboxylic acids is 1. The summed E-state index contributed by atoms with van der Waals surface area (Å²) in [7, 11) is 0. The molecule has 1 amide bonds. The summed E-state index contributed by atoms with van der Waals surface area (Å²) in [5, 5.41) is 14.6. The lowest BCUT2D eigenvalue weighted by Crippen LogP contribution is -2.30. The molecule has 0 radical (unpaired) electrons. The van der Waals surface area contributed by atoms with E-state index in [1.165, 1.54) is 18.4 Å². The molecule has 1 aliphatic heterocycles. The summed E-state index contributed by atoms with van der Waals surface area (Å²) in [6.45, 7) is 6.07. The number of nitrogens with zero attached hydrogens (tertiary/aromatic N) is 3. The van der Waals surface area contributed by atoms with Gasteiger partial charge in [0.15, 0.2) is 5.69 Å². The van der Waals surface area contributed by atoms with Crippen molar-refractivity contribution in [1.29, 1.82) is 0 Å². The zero-order valence-corrected chi connectivity index (χ0v) is 16.3. The van der Waals surface area contributed by atoms with E-state index in [1.807, 2.05) is 23.7 Å². The Balaban J connectivity index is 0.00000243. The number of benzene rings is 1. The highest BCUT2D eigenvalue weighted by Crippen LogP contribution is 2.21. The zero-order chi connectivity index (χ0) is 17.6. The summed E-state index contributed by atoms with van der Waals surface area (Å²) in [5.74, 6) is -0.195. The summed E-state index contributed by atoms with van der Waals surface area (Å²) in [6, 6.07) is 8.38. The molecular formula is C19H28ClN5O. The number of piperidine rings is 1. The van der Waals surface area contributed by atoms with Crippen molar-refractivity contribution in [2.24, 2.45) is 0 Å². The van der Waals surface area contributed by atoms with Gasteiger partial charge in [0, 0.05) is 5.69 Å². The first kappa shape index (κ1) is 20.4. The van der Waals surface area contributed by atoms with Gasteiger partial charge in [-0.15, -0.1) is 17.5 Å². The normalized spacial score (nSPS) is 14.7. The lowest BCUT2D eigenvalue weighted by molar-refractivity contribution is 0.102. The Bertz CT molecular complexity index is 707. The maximum absolute atomic E-state index is 12.5. The van der Waals surface area contributed by atoms with Crippen LogP contribution < -0.4 is 10.6 Å². The molecule has 0 unspecified atom stereocenters. The van der Waals surface area contributed by atoms with E-state index in [4.69, 9.17) is 0 Å². The molecule has 26 heavy (non-hydrogen) atoms. The zero-order valence-electron chi connectivity index (χ0n) is 15.5. The van der Waals surface area contributed by atoms with Crippen molar-refractivity contribution in [3.05, 3.63) is 41.2 Å². The first-order chi connectivity index (χ1) is 12.2. The smallest absolute Gasteiger partial charge is 0.278 e. The van der Waals surface area contributed by atoms with Gasteiger partial charge < -0.3 is 10.6 Å². The fraction of sp³-hybridized carbons (Fsp3) is 0.526. The number of amides is 1. The lowest BCUT2D eigenvalue weighted by Gasteiger charge is -2.23. The van der Waals surface area contributed by atoms with Crippen LogP contribution in [0.4, 0.5) is 5.69 Å². The van der Waals surface area contributed by atoms with Gasteiger partial charge in [0.2, 0.25) is 0 Å². The Morgan fingerprint density at radius 2 is 1.96 bits per heavy atom. The highest BCUT2D eigenvalue weighted by molar-refractivity contribution is 6.03. The molecule has 0 atom stereocenters. The fourth-order valence-corrected chi connectivity index (χ4v) is 3.27. The molecule has 3 rings (SSSR count). The topological polar surface area (TPSA) is 71.8 Å². The summed E-state index contributed by atoms with van der Waals surface area (Å²) >= 11 is 0. The number of aryl methyl sites for hydroxylation is 1. The third kappa shape index (κ3) is 4.83. The Morgan fingerprint density at radius 1 is 1.27 bits per heavy atom. The maximum atomic E-state index is 12.5. The van der Waals surface area contributed by atoms with Crippen LogP contribution in [-0.2, 0) is 6.42 Å². The fourth-order valence-electron chi connectivity index (χ4n) is 3.27. The van der Waals surface area contributed by atoms with Crippen LogP contribution in [0.25, 0.3) is 0 Å². The molecule has 0 aliphatic carbocycles. The number of unbranched alkanes of at least 4 members (excludes halogenated alkanes) is 1. The van der Waals surface area contributed by atoms with E-state index in [2.05, 4.69) is 40.0 Å². The number of carbonyl (C=O) groups is 1. The third-order valence-electron chi connectivity index (χ3n) is 4.83. The molecule has 1 saturated heterocycles. The van der Waals surface area contributed by atoms with Crippen molar-refractivity contribution in [3.8, 4) is 0 Å². The molecule has 1 aliphatic rings. The molecule has 2 N–H and O–H groups in total. The first-order valence-electron chi connectivity index (χ1n) is 9.22. The molecule has 1 aromatic heterocycles. The molecule has 0 saturated carbocycles. The van der Waals surface area contributed by atoms with E-state index in [-0.39, 0.29) is 18.3 Å². The highest BCUT2D eigenvalue weighted by atomic mass is 35.5. The van der Waals surface area contributed by atoms with Crippen LogP contribution in [0, 0.1) is 6.92 Å². The van der Waals surface area contributed by atoms with E-state index in [9.17, 15) is 4.79 Å². The number of hydrogen-bond acceptors (Lipinski definition) is 4. The van der Waals surface area contributed by atoms with Crippen molar-refractivity contribution >= 4 is 24.0 Å².